The van der Waals surface area contributed by atoms with Crippen molar-refractivity contribution in [1.29, 1.82) is 0 Å². The van der Waals surface area contributed by atoms with E-state index in [0.717, 1.165) is 18.8 Å². The second-order valence-electron chi connectivity index (χ2n) is 6.38. The second kappa shape index (κ2) is 11.7. The molecule has 0 amide bonds. The van der Waals surface area contributed by atoms with Crippen LogP contribution in [0, 0.1) is 11.8 Å². The number of rotatable bonds is 12. The summed E-state index contributed by atoms with van der Waals surface area (Å²) in [5.74, 6) is 1.53. The summed E-state index contributed by atoms with van der Waals surface area (Å²) in [6.07, 6.45) is 12.8. The third-order valence-electron chi connectivity index (χ3n) is 3.60. The molecule has 0 aromatic heterocycles. The zero-order chi connectivity index (χ0) is 13.8. The third-order valence-corrected chi connectivity index (χ3v) is 3.60. The molecule has 0 aromatic carbocycles. The highest BCUT2D eigenvalue weighted by molar-refractivity contribution is 5.80. The van der Waals surface area contributed by atoms with E-state index in [9.17, 15) is 4.79 Å². The zero-order valence-corrected chi connectivity index (χ0v) is 13.1. The maximum atomic E-state index is 11.4. The fourth-order valence-corrected chi connectivity index (χ4v) is 2.20. The average molecular weight is 254 g/mol. The van der Waals surface area contributed by atoms with E-state index >= 15 is 0 Å². The monoisotopic (exact) mass is 254 g/mol. The van der Waals surface area contributed by atoms with Gasteiger partial charge in [-0.3, -0.25) is 4.79 Å². The van der Waals surface area contributed by atoms with Crippen molar-refractivity contribution >= 4 is 5.78 Å². The van der Waals surface area contributed by atoms with Gasteiger partial charge in [-0.05, 0) is 12.3 Å². The van der Waals surface area contributed by atoms with E-state index in [-0.39, 0.29) is 5.92 Å². The Balaban J connectivity index is 3.10. The average Bonchev–Trinajstić information content (AvgIpc) is 2.30. The molecular formula is C17H34O. The Morgan fingerprint density at radius 3 is 1.61 bits per heavy atom. The Bertz CT molecular complexity index is 194. The summed E-state index contributed by atoms with van der Waals surface area (Å²) in [4.78, 5) is 11.4. The Labute approximate surface area is 115 Å². The molecule has 0 rings (SSSR count). The molecule has 0 radical (unpaired) electrons. The molecule has 0 saturated carbocycles. The summed E-state index contributed by atoms with van der Waals surface area (Å²) in [5.41, 5.74) is 0. The molecule has 0 spiro atoms. The summed E-state index contributed by atoms with van der Waals surface area (Å²) in [5, 5.41) is 0. The highest BCUT2D eigenvalue weighted by atomic mass is 16.1. The van der Waals surface area contributed by atoms with Crippen molar-refractivity contribution in [1.82, 2.24) is 0 Å². The molecule has 0 atom stereocenters. The first-order valence-corrected chi connectivity index (χ1v) is 8.06. The van der Waals surface area contributed by atoms with Gasteiger partial charge in [-0.1, -0.05) is 79.1 Å². The number of Topliss-reactive ketones (excluding diaryl/α,β-unsaturated/α-hetero) is 1. The molecule has 108 valence electrons. The van der Waals surface area contributed by atoms with E-state index in [1.54, 1.807) is 0 Å². The molecular weight excluding hydrogens is 220 g/mol. The molecule has 0 N–H and O–H groups in total. The summed E-state index contributed by atoms with van der Waals surface area (Å²) in [7, 11) is 0. The van der Waals surface area contributed by atoms with E-state index in [1.165, 1.54) is 51.4 Å². The predicted molar refractivity (Wildman–Crippen MR) is 80.9 cm³/mol. The minimum Gasteiger partial charge on any atom is -0.299 e. The normalized spacial score (nSPS) is 11.4. The first-order chi connectivity index (χ1) is 8.54. The van der Waals surface area contributed by atoms with Gasteiger partial charge < -0.3 is 0 Å². The van der Waals surface area contributed by atoms with E-state index in [0.29, 0.717) is 5.78 Å². The van der Waals surface area contributed by atoms with Crippen LogP contribution in [0.5, 0.6) is 0 Å². The molecule has 0 aliphatic heterocycles. The topological polar surface area (TPSA) is 17.1 Å². The van der Waals surface area contributed by atoms with Crippen LogP contribution in [0.15, 0.2) is 0 Å². The van der Waals surface area contributed by atoms with Gasteiger partial charge in [0.1, 0.15) is 5.78 Å². The Morgan fingerprint density at radius 2 is 1.17 bits per heavy atom. The molecule has 0 heterocycles. The molecule has 18 heavy (non-hydrogen) atoms. The second-order valence-corrected chi connectivity index (χ2v) is 6.38. The van der Waals surface area contributed by atoms with Crippen LogP contribution >= 0.6 is 0 Å². The Hall–Kier alpha value is -0.330. The smallest absolute Gasteiger partial charge is 0.135 e. The van der Waals surface area contributed by atoms with Crippen molar-refractivity contribution in [2.24, 2.45) is 11.8 Å². The lowest BCUT2D eigenvalue weighted by molar-refractivity contribution is -0.122. The standard InChI is InChI=1S/C17H34O/c1-15(2)13-11-9-7-5-6-8-10-12-14-17(18)16(3)4/h15-16H,5-14H2,1-4H3. The van der Waals surface area contributed by atoms with Gasteiger partial charge in [0, 0.05) is 12.3 Å². The van der Waals surface area contributed by atoms with Crippen molar-refractivity contribution in [3.05, 3.63) is 0 Å². The lowest BCUT2D eigenvalue weighted by Crippen LogP contribution is -2.05. The fourth-order valence-electron chi connectivity index (χ4n) is 2.20. The summed E-state index contributed by atoms with van der Waals surface area (Å²) in [6.45, 7) is 8.61. The maximum absolute atomic E-state index is 11.4. The van der Waals surface area contributed by atoms with Gasteiger partial charge in [0.15, 0.2) is 0 Å². The molecule has 0 aliphatic carbocycles. The highest BCUT2D eigenvalue weighted by Crippen LogP contribution is 2.13. The molecule has 1 nitrogen and oxygen atoms in total. The summed E-state index contributed by atoms with van der Waals surface area (Å²) >= 11 is 0. The van der Waals surface area contributed by atoms with Gasteiger partial charge in [0.2, 0.25) is 0 Å². The van der Waals surface area contributed by atoms with Gasteiger partial charge in [-0.15, -0.1) is 0 Å². The molecule has 0 bridgehead atoms. The number of hydrogen-bond acceptors (Lipinski definition) is 1. The van der Waals surface area contributed by atoms with Crippen molar-refractivity contribution in [3.63, 3.8) is 0 Å². The lowest BCUT2D eigenvalue weighted by Gasteiger charge is -2.05. The van der Waals surface area contributed by atoms with Gasteiger partial charge in [-0.25, -0.2) is 0 Å². The quantitative estimate of drug-likeness (QED) is 0.404. The molecule has 0 saturated heterocycles. The van der Waals surface area contributed by atoms with Gasteiger partial charge >= 0.3 is 0 Å². The fraction of sp³-hybridized carbons (Fsp3) is 0.941. The van der Waals surface area contributed by atoms with Crippen molar-refractivity contribution in [2.75, 3.05) is 0 Å². The van der Waals surface area contributed by atoms with Crippen LogP contribution < -0.4 is 0 Å². The number of carbonyl (C=O) groups excluding carboxylic acids is 1. The number of ketones is 1. The minimum atomic E-state index is 0.228. The van der Waals surface area contributed by atoms with Gasteiger partial charge in [0.25, 0.3) is 0 Å². The Morgan fingerprint density at radius 1 is 0.722 bits per heavy atom. The number of carbonyl (C=O) groups is 1. The maximum Gasteiger partial charge on any atom is 0.135 e. The third kappa shape index (κ3) is 12.1. The molecule has 0 aromatic rings. The van der Waals surface area contributed by atoms with Gasteiger partial charge in [0.05, 0.1) is 0 Å². The summed E-state index contributed by atoms with van der Waals surface area (Å²) in [6, 6.07) is 0. The van der Waals surface area contributed by atoms with E-state index in [4.69, 9.17) is 0 Å². The van der Waals surface area contributed by atoms with Crippen molar-refractivity contribution in [3.8, 4) is 0 Å². The van der Waals surface area contributed by atoms with E-state index in [2.05, 4.69) is 13.8 Å². The van der Waals surface area contributed by atoms with Crippen LogP contribution in [-0.2, 0) is 4.79 Å². The first-order valence-electron chi connectivity index (χ1n) is 8.06. The number of unbranched alkanes of at least 4 members (excludes halogenated alkanes) is 7. The van der Waals surface area contributed by atoms with Crippen LogP contribution in [0.2, 0.25) is 0 Å². The summed E-state index contributed by atoms with van der Waals surface area (Å²) < 4.78 is 0. The van der Waals surface area contributed by atoms with Crippen LogP contribution in [0.4, 0.5) is 0 Å². The van der Waals surface area contributed by atoms with Crippen LogP contribution in [0.25, 0.3) is 0 Å². The van der Waals surface area contributed by atoms with E-state index < -0.39 is 0 Å². The van der Waals surface area contributed by atoms with Crippen LogP contribution in [0.3, 0.4) is 0 Å². The molecule has 0 fully saturated rings. The van der Waals surface area contributed by atoms with Crippen molar-refractivity contribution < 1.29 is 4.79 Å². The van der Waals surface area contributed by atoms with Crippen molar-refractivity contribution in [2.45, 2.75) is 91.9 Å². The van der Waals surface area contributed by atoms with Crippen LogP contribution in [-0.4, -0.2) is 5.78 Å². The first kappa shape index (κ1) is 17.7. The Kier molecular flexibility index (Phi) is 11.5. The highest BCUT2D eigenvalue weighted by Gasteiger charge is 2.05. The minimum absolute atomic E-state index is 0.228. The largest absolute Gasteiger partial charge is 0.299 e. The van der Waals surface area contributed by atoms with Crippen LogP contribution in [0.1, 0.15) is 91.9 Å². The molecule has 0 unspecified atom stereocenters. The predicted octanol–water partition coefficient (Wildman–Crippen LogP) is 5.77. The lowest BCUT2D eigenvalue weighted by atomic mass is 10.0. The number of hydrogen-bond donors (Lipinski definition) is 0. The van der Waals surface area contributed by atoms with Gasteiger partial charge in [-0.2, -0.15) is 0 Å². The molecule has 1 heteroatoms. The SMILES string of the molecule is CC(C)CCCCCCCCCCC(=O)C(C)C. The zero-order valence-electron chi connectivity index (χ0n) is 13.1. The molecule has 0 aliphatic rings. The van der Waals surface area contributed by atoms with E-state index in [1.807, 2.05) is 13.8 Å².